The second kappa shape index (κ2) is 5.47. The molecule has 15 heavy (non-hydrogen) atoms. The zero-order valence-corrected chi connectivity index (χ0v) is 9.59. The molecule has 1 aliphatic rings. The van der Waals surface area contributed by atoms with Gasteiger partial charge in [0.15, 0.2) is 0 Å². The number of aliphatic hydroxyl groups excluding tert-OH is 4. The van der Waals surface area contributed by atoms with Crippen molar-refractivity contribution in [3.8, 4) is 0 Å². The lowest BCUT2D eigenvalue weighted by molar-refractivity contribution is -0.117. The van der Waals surface area contributed by atoms with E-state index >= 15 is 0 Å². The summed E-state index contributed by atoms with van der Waals surface area (Å²) in [5.74, 6) is 0. The molecule has 0 unspecified atom stereocenters. The van der Waals surface area contributed by atoms with Gasteiger partial charge in [0, 0.05) is 0 Å². The first-order chi connectivity index (χ1) is 6.97. The minimum atomic E-state index is -1.27. The Morgan fingerprint density at radius 2 is 1.73 bits per heavy atom. The Labute approximate surface area is 93.1 Å². The second-order valence-electron chi connectivity index (χ2n) is 3.88. The molecule has 0 radical (unpaired) electrons. The lowest BCUT2D eigenvalue weighted by Gasteiger charge is -2.39. The summed E-state index contributed by atoms with van der Waals surface area (Å²) in [6.45, 7) is 3.38. The Kier molecular flexibility index (Phi) is 4.82. The first kappa shape index (κ1) is 13.2. The van der Waals surface area contributed by atoms with E-state index in [2.05, 4.69) is 0 Å². The molecule has 6 heteroatoms. The van der Waals surface area contributed by atoms with E-state index in [1.165, 1.54) is 0 Å². The molecule has 0 bridgehead atoms. The third-order valence-corrected chi connectivity index (χ3v) is 3.69. The van der Waals surface area contributed by atoms with Crippen LogP contribution in [-0.4, -0.2) is 62.1 Å². The predicted octanol–water partition coefficient (Wildman–Crippen LogP) is -1.07. The van der Waals surface area contributed by atoms with Gasteiger partial charge in [0.1, 0.15) is 17.6 Å². The first-order valence-corrected chi connectivity index (χ1v) is 5.87. The average Bonchev–Trinajstić information content (AvgIpc) is 2.18. The molecule has 1 aliphatic heterocycles. The summed E-state index contributed by atoms with van der Waals surface area (Å²) in [4.78, 5) is 0. The highest BCUT2D eigenvalue weighted by atomic mass is 32.2. The Balaban J connectivity index is 2.65. The third kappa shape index (κ3) is 3.05. The van der Waals surface area contributed by atoms with Crippen LogP contribution < -0.4 is 0 Å². The number of hydrogen-bond acceptors (Lipinski definition) is 6. The average molecular weight is 238 g/mol. The van der Waals surface area contributed by atoms with Crippen LogP contribution in [0.5, 0.6) is 0 Å². The molecule has 1 heterocycles. The molecule has 1 fully saturated rings. The van der Waals surface area contributed by atoms with E-state index in [9.17, 15) is 15.3 Å². The molecule has 0 aromatic heterocycles. The summed E-state index contributed by atoms with van der Waals surface area (Å²) in [6, 6.07) is 0. The van der Waals surface area contributed by atoms with Gasteiger partial charge < -0.3 is 25.2 Å². The topological polar surface area (TPSA) is 90.2 Å². The van der Waals surface area contributed by atoms with E-state index in [4.69, 9.17) is 9.84 Å². The Morgan fingerprint density at radius 1 is 1.13 bits per heavy atom. The Hall–Kier alpha value is 0.150. The summed E-state index contributed by atoms with van der Waals surface area (Å²) in [7, 11) is 0. The highest BCUT2D eigenvalue weighted by Gasteiger charge is 2.43. The van der Waals surface area contributed by atoms with Crippen LogP contribution in [0.3, 0.4) is 0 Å². The smallest absolute Gasteiger partial charge is 0.132 e. The maximum Gasteiger partial charge on any atom is 0.132 e. The van der Waals surface area contributed by atoms with Gasteiger partial charge in [-0.2, -0.15) is 0 Å². The fourth-order valence-corrected chi connectivity index (χ4v) is 2.81. The summed E-state index contributed by atoms with van der Waals surface area (Å²) in [5, 5.41) is 37.1. The third-order valence-electron chi connectivity index (χ3n) is 2.25. The van der Waals surface area contributed by atoms with Crippen molar-refractivity contribution in [3.63, 3.8) is 0 Å². The molecule has 0 spiro atoms. The van der Waals surface area contributed by atoms with Crippen molar-refractivity contribution in [3.05, 3.63) is 0 Å². The van der Waals surface area contributed by atoms with E-state index in [0.29, 0.717) is 0 Å². The van der Waals surface area contributed by atoms with Crippen LogP contribution in [-0.2, 0) is 4.74 Å². The molecule has 5 atom stereocenters. The van der Waals surface area contributed by atoms with Crippen molar-refractivity contribution in [1.82, 2.24) is 0 Å². The fourth-order valence-electron chi connectivity index (χ4n) is 1.45. The molecule has 1 rings (SSSR count). The van der Waals surface area contributed by atoms with E-state index < -0.39 is 29.0 Å². The maximum absolute atomic E-state index is 9.63. The molecule has 1 saturated heterocycles. The minimum Gasteiger partial charge on any atom is -0.395 e. The maximum atomic E-state index is 9.63. The molecule has 0 aromatic carbocycles. The first-order valence-electron chi connectivity index (χ1n) is 4.93. The van der Waals surface area contributed by atoms with Gasteiger partial charge in [-0.05, 0) is 13.8 Å². The SMILES string of the molecule is CC(C)O[C@@H]1S[C@H](CO)[C@@H](O)[C@@H](O)[C@@H]1O. The van der Waals surface area contributed by atoms with Crippen molar-refractivity contribution >= 4 is 11.8 Å². The quantitative estimate of drug-likeness (QED) is 0.500. The number of aliphatic hydroxyl groups is 4. The Morgan fingerprint density at radius 3 is 2.20 bits per heavy atom. The molecular formula is C9H18O5S. The fraction of sp³-hybridized carbons (Fsp3) is 1.00. The van der Waals surface area contributed by atoms with Gasteiger partial charge in [0.05, 0.1) is 24.1 Å². The monoisotopic (exact) mass is 238 g/mol. The van der Waals surface area contributed by atoms with Crippen molar-refractivity contribution in [2.24, 2.45) is 0 Å². The molecule has 90 valence electrons. The highest BCUT2D eigenvalue weighted by Crippen LogP contribution is 2.33. The van der Waals surface area contributed by atoms with E-state index in [1.807, 2.05) is 13.8 Å². The van der Waals surface area contributed by atoms with Gasteiger partial charge in [0.25, 0.3) is 0 Å². The standard InChI is InChI=1S/C9H18O5S/c1-4(2)14-9-8(13)7(12)6(11)5(3-10)15-9/h4-13H,3H2,1-2H3/t5-,6-,7-,8+,9-/m1/s1. The molecular weight excluding hydrogens is 220 g/mol. The lowest BCUT2D eigenvalue weighted by atomic mass is 10.0. The van der Waals surface area contributed by atoms with Crippen LogP contribution in [0.4, 0.5) is 0 Å². The van der Waals surface area contributed by atoms with Crippen LogP contribution in [0, 0.1) is 0 Å². The van der Waals surface area contributed by atoms with Gasteiger partial charge in [0.2, 0.25) is 0 Å². The number of thioether (sulfide) groups is 1. The van der Waals surface area contributed by atoms with Gasteiger partial charge in [-0.1, -0.05) is 0 Å². The molecule has 0 aliphatic carbocycles. The summed E-state index contributed by atoms with van der Waals surface area (Å²) < 4.78 is 5.38. The summed E-state index contributed by atoms with van der Waals surface area (Å²) >= 11 is 1.15. The molecule has 0 amide bonds. The van der Waals surface area contributed by atoms with E-state index in [0.717, 1.165) is 11.8 Å². The Bertz CT molecular complexity index is 199. The highest BCUT2D eigenvalue weighted by molar-refractivity contribution is 8.00. The van der Waals surface area contributed by atoms with Gasteiger partial charge in [-0.15, -0.1) is 11.8 Å². The molecule has 4 N–H and O–H groups in total. The lowest BCUT2D eigenvalue weighted by Crippen LogP contribution is -2.55. The van der Waals surface area contributed by atoms with Crippen molar-refractivity contribution in [2.75, 3.05) is 6.61 Å². The van der Waals surface area contributed by atoms with Crippen molar-refractivity contribution in [2.45, 2.75) is 48.9 Å². The summed E-state index contributed by atoms with van der Waals surface area (Å²) in [6.07, 6.45) is -3.61. The summed E-state index contributed by atoms with van der Waals surface area (Å²) in [5.41, 5.74) is -0.611. The minimum absolute atomic E-state index is 0.0843. The predicted molar refractivity (Wildman–Crippen MR) is 56.5 cm³/mol. The normalized spacial score (nSPS) is 42.2. The molecule has 0 saturated carbocycles. The molecule has 0 aromatic rings. The van der Waals surface area contributed by atoms with Crippen LogP contribution in [0.25, 0.3) is 0 Å². The number of hydrogen-bond donors (Lipinski definition) is 4. The zero-order chi connectivity index (χ0) is 11.6. The van der Waals surface area contributed by atoms with Crippen LogP contribution in [0.15, 0.2) is 0 Å². The largest absolute Gasteiger partial charge is 0.395 e. The zero-order valence-electron chi connectivity index (χ0n) is 8.78. The van der Waals surface area contributed by atoms with Crippen molar-refractivity contribution < 1.29 is 25.2 Å². The number of ether oxygens (including phenoxy) is 1. The van der Waals surface area contributed by atoms with Crippen molar-refractivity contribution in [1.29, 1.82) is 0 Å². The van der Waals surface area contributed by atoms with Gasteiger partial charge >= 0.3 is 0 Å². The van der Waals surface area contributed by atoms with E-state index in [1.54, 1.807) is 0 Å². The second-order valence-corrected chi connectivity index (χ2v) is 5.22. The van der Waals surface area contributed by atoms with Crippen LogP contribution >= 0.6 is 11.8 Å². The van der Waals surface area contributed by atoms with Crippen LogP contribution in [0.2, 0.25) is 0 Å². The van der Waals surface area contributed by atoms with Gasteiger partial charge in [-0.25, -0.2) is 0 Å². The van der Waals surface area contributed by atoms with E-state index in [-0.39, 0.29) is 12.7 Å². The van der Waals surface area contributed by atoms with Gasteiger partial charge in [-0.3, -0.25) is 0 Å². The molecule has 5 nitrogen and oxygen atoms in total. The van der Waals surface area contributed by atoms with Crippen LogP contribution in [0.1, 0.15) is 13.8 Å². The number of rotatable bonds is 3.